The van der Waals surface area contributed by atoms with Crippen molar-refractivity contribution >= 4 is 38.9 Å². The minimum atomic E-state index is 0.544. The second-order valence-electron chi connectivity index (χ2n) is 3.44. The molecule has 0 aliphatic heterocycles. The fraction of sp³-hybridized carbons (Fsp3) is 0.600. The summed E-state index contributed by atoms with van der Waals surface area (Å²) in [4.78, 5) is 3.76. The van der Waals surface area contributed by atoms with E-state index < -0.39 is 0 Å². The van der Waals surface area contributed by atoms with E-state index in [1.807, 2.05) is 0 Å². The number of thiophene rings is 1. The van der Waals surface area contributed by atoms with Gasteiger partial charge in [0.15, 0.2) is 0 Å². The van der Waals surface area contributed by atoms with Crippen molar-refractivity contribution in [1.29, 1.82) is 0 Å². The Hall–Kier alpha value is 0.430. The van der Waals surface area contributed by atoms with Gasteiger partial charge in [0.25, 0.3) is 0 Å². The van der Waals surface area contributed by atoms with Crippen LogP contribution in [0.3, 0.4) is 0 Å². The molecule has 1 aromatic rings. The second kappa shape index (κ2) is 6.11. The summed E-state index contributed by atoms with van der Waals surface area (Å²) in [6.45, 7) is 6.34. The molecule has 0 radical (unpaired) electrons. The van der Waals surface area contributed by atoms with Crippen molar-refractivity contribution in [1.82, 2.24) is 4.90 Å². The molecule has 0 aliphatic rings. The zero-order chi connectivity index (χ0) is 10.6. The molecule has 1 heterocycles. The normalized spacial score (nSPS) is 11.6. The van der Waals surface area contributed by atoms with Gasteiger partial charge in [-0.15, -0.1) is 22.9 Å². The van der Waals surface area contributed by atoms with Gasteiger partial charge in [-0.3, -0.25) is 4.90 Å². The van der Waals surface area contributed by atoms with E-state index in [-0.39, 0.29) is 0 Å². The number of hydrogen-bond donors (Lipinski definition) is 0. The van der Waals surface area contributed by atoms with E-state index in [1.54, 1.807) is 11.3 Å². The molecular formula is C10H15BrClNS. The zero-order valence-corrected chi connectivity index (χ0v) is 11.6. The summed E-state index contributed by atoms with van der Waals surface area (Å²) in [6, 6.07) is 2.64. The first-order valence-electron chi connectivity index (χ1n) is 4.67. The minimum absolute atomic E-state index is 0.544. The van der Waals surface area contributed by atoms with Gasteiger partial charge in [0, 0.05) is 34.4 Å². The first-order valence-corrected chi connectivity index (χ1v) is 6.87. The highest BCUT2D eigenvalue weighted by Crippen LogP contribution is 2.24. The van der Waals surface area contributed by atoms with Crippen molar-refractivity contribution in [2.24, 2.45) is 0 Å². The third-order valence-electron chi connectivity index (χ3n) is 2.14. The summed E-state index contributed by atoms with van der Waals surface area (Å²) in [5, 5.41) is 2.11. The van der Waals surface area contributed by atoms with Gasteiger partial charge in [-0.2, -0.15) is 0 Å². The average molecular weight is 297 g/mol. The topological polar surface area (TPSA) is 3.24 Å². The molecule has 0 amide bonds. The fourth-order valence-corrected chi connectivity index (χ4v) is 2.97. The van der Waals surface area contributed by atoms with E-state index >= 15 is 0 Å². The van der Waals surface area contributed by atoms with E-state index in [0.717, 1.165) is 13.1 Å². The largest absolute Gasteiger partial charge is 0.295 e. The number of rotatable bonds is 5. The highest BCUT2D eigenvalue weighted by atomic mass is 79.9. The molecule has 0 saturated carbocycles. The van der Waals surface area contributed by atoms with Crippen LogP contribution in [0.15, 0.2) is 15.9 Å². The third kappa shape index (κ3) is 3.54. The molecule has 0 N–H and O–H groups in total. The summed E-state index contributed by atoms with van der Waals surface area (Å²) in [5.74, 6) is 0.696. The molecule has 80 valence electrons. The molecule has 0 aromatic carbocycles. The van der Waals surface area contributed by atoms with Crippen molar-refractivity contribution in [2.45, 2.75) is 26.4 Å². The predicted octanol–water partition coefficient (Wildman–Crippen LogP) is 3.96. The summed E-state index contributed by atoms with van der Waals surface area (Å²) >= 11 is 11.1. The Morgan fingerprint density at radius 2 is 2.29 bits per heavy atom. The lowest BCUT2D eigenvalue weighted by Gasteiger charge is -2.24. The van der Waals surface area contributed by atoms with Gasteiger partial charge in [-0.1, -0.05) is 0 Å². The van der Waals surface area contributed by atoms with Crippen LogP contribution in [-0.2, 0) is 6.54 Å². The molecule has 0 saturated heterocycles. The van der Waals surface area contributed by atoms with E-state index in [9.17, 15) is 0 Å². The summed E-state index contributed by atoms with van der Waals surface area (Å²) in [7, 11) is 0. The molecule has 1 rings (SSSR count). The Labute approximate surface area is 103 Å². The maximum Gasteiger partial charge on any atom is 0.0351 e. The zero-order valence-electron chi connectivity index (χ0n) is 8.46. The van der Waals surface area contributed by atoms with Gasteiger partial charge in [-0.25, -0.2) is 0 Å². The van der Waals surface area contributed by atoms with Gasteiger partial charge in [0.2, 0.25) is 0 Å². The van der Waals surface area contributed by atoms with E-state index in [2.05, 4.69) is 46.1 Å². The standard InChI is InChI=1S/C10H15BrClNS/c1-8(2)13(5-4-12)7-10-9(11)3-6-14-10/h3,6,8H,4-5,7H2,1-2H3. The molecule has 0 spiro atoms. The molecular weight excluding hydrogens is 282 g/mol. The minimum Gasteiger partial charge on any atom is -0.295 e. The number of hydrogen-bond acceptors (Lipinski definition) is 2. The SMILES string of the molecule is CC(C)N(CCCl)Cc1sccc1Br. The Balaban J connectivity index is 2.60. The van der Waals surface area contributed by atoms with Gasteiger partial charge in [0.1, 0.15) is 0 Å². The van der Waals surface area contributed by atoms with Crippen molar-refractivity contribution < 1.29 is 0 Å². The quantitative estimate of drug-likeness (QED) is 0.744. The molecule has 14 heavy (non-hydrogen) atoms. The summed E-state index contributed by atoms with van der Waals surface area (Å²) in [5.41, 5.74) is 0. The van der Waals surface area contributed by atoms with Crippen LogP contribution >= 0.6 is 38.9 Å². The van der Waals surface area contributed by atoms with Gasteiger partial charge in [0.05, 0.1) is 0 Å². The Bertz CT molecular complexity index is 275. The fourth-order valence-electron chi connectivity index (χ4n) is 1.25. The highest BCUT2D eigenvalue weighted by Gasteiger charge is 2.11. The molecule has 0 fully saturated rings. The van der Waals surface area contributed by atoms with Gasteiger partial charge >= 0.3 is 0 Å². The first-order chi connectivity index (χ1) is 6.65. The molecule has 0 atom stereocenters. The summed E-state index contributed by atoms with van der Waals surface area (Å²) < 4.78 is 1.21. The summed E-state index contributed by atoms with van der Waals surface area (Å²) in [6.07, 6.45) is 0. The van der Waals surface area contributed by atoms with Crippen LogP contribution in [0.25, 0.3) is 0 Å². The van der Waals surface area contributed by atoms with Crippen molar-refractivity contribution in [3.05, 3.63) is 20.8 Å². The number of alkyl halides is 1. The van der Waals surface area contributed by atoms with Crippen molar-refractivity contribution in [3.8, 4) is 0 Å². The van der Waals surface area contributed by atoms with E-state index in [1.165, 1.54) is 9.35 Å². The monoisotopic (exact) mass is 295 g/mol. The van der Waals surface area contributed by atoms with Crippen LogP contribution in [0.2, 0.25) is 0 Å². The molecule has 1 nitrogen and oxygen atoms in total. The number of halogens is 2. The van der Waals surface area contributed by atoms with Crippen LogP contribution in [-0.4, -0.2) is 23.4 Å². The van der Waals surface area contributed by atoms with Gasteiger partial charge in [-0.05, 0) is 41.2 Å². The highest BCUT2D eigenvalue weighted by molar-refractivity contribution is 9.10. The average Bonchev–Trinajstić information content (AvgIpc) is 2.51. The lowest BCUT2D eigenvalue weighted by Crippen LogP contribution is -2.31. The van der Waals surface area contributed by atoms with Crippen molar-refractivity contribution in [3.63, 3.8) is 0 Å². The molecule has 0 bridgehead atoms. The second-order valence-corrected chi connectivity index (χ2v) is 5.68. The van der Waals surface area contributed by atoms with Crippen LogP contribution < -0.4 is 0 Å². The van der Waals surface area contributed by atoms with Crippen LogP contribution in [0.4, 0.5) is 0 Å². The smallest absolute Gasteiger partial charge is 0.0351 e. The first kappa shape index (κ1) is 12.5. The number of nitrogens with zero attached hydrogens (tertiary/aromatic N) is 1. The Morgan fingerprint density at radius 3 is 2.71 bits per heavy atom. The maximum atomic E-state index is 5.77. The molecule has 0 unspecified atom stereocenters. The third-order valence-corrected chi connectivity index (χ3v) is 4.22. The maximum absolute atomic E-state index is 5.77. The lowest BCUT2D eigenvalue weighted by molar-refractivity contribution is 0.228. The Morgan fingerprint density at radius 1 is 1.57 bits per heavy atom. The Kier molecular flexibility index (Phi) is 5.45. The van der Waals surface area contributed by atoms with Gasteiger partial charge < -0.3 is 0 Å². The van der Waals surface area contributed by atoms with Crippen LogP contribution in [0.1, 0.15) is 18.7 Å². The molecule has 0 aliphatic carbocycles. The van der Waals surface area contributed by atoms with Crippen molar-refractivity contribution in [2.75, 3.05) is 12.4 Å². The van der Waals surface area contributed by atoms with Crippen LogP contribution in [0, 0.1) is 0 Å². The van der Waals surface area contributed by atoms with E-state index in [4.69, 9.17) is 11.6 Å². The lowest BCUT2D eigenvalue weighted by atomic mass is 10.3. The molecule has 4 heteroatoms. The van der Waals surface area contributed by atoms with E-state index in [0.29, 0.717) is 11.9 Å². The van der Waals surface area contributed by atoms with Crippen LogP contribution in [0.5, 0.6) is 0 Å². The predicted molar refractivity (Wildman–Crippen MR) is 68.3 cm³/mol. The molecule has 1 aromatic heterocycles.